The molecule has 0 bridgehead atoms. The highest BCUT2D eigenvalue weighted by Crippen LogP contribution is 2.34. The first kappa shape index (κ1) is 19.8. The number of piperidine rings is 1. The van der Waals surface area contributed by atoms with Gasteiger partial charge in [-0.1, -0.05) is 11.6 Å². The molecule has 6 nitrogen and oxygen atoms in total. The molecule has 1 saturated heterocycles. The van der Waals surface area contributed by atoms with Gasteiger partial charge in [-0.15, -0.1) is 11.3 Å². The van der Waals surface area contributed by atoms with Crippen molar-refractivity contribution in [3.63, 3.8) is 0 Å². The van der Waals surface area contributed by atoms with E-state index in [4.69, 9.17) is 16.3 Å². The smallest absolute Gasteiger partial charge is 0.320 e. The number of urea groups is 1. The van der Waals surface area contributed by atoms with Crippen LogP contribution in [-0.2, 0) is 0 Å². The molecular formula is C17H18ClF2N3O3S. The van der Waals surface area contributed by atoms with Crippen LogP contribution in [0.3, 0.4) is 0 Å². The number of aliphatic hydroxyl groups is 1. The Kier molecular flexibility index (Phi) is 6.15. The molecule has 1 fully saturated rings. The fourth-order valence-electron chi connectivity index (χ4n) is 3.10. The second-order valence-electron chi connectivity index (χ2n) is 6.08. The maximum atomic E-state index is 14.5. The van der Waals surface area contributed by atoms with Gasteiger partial charge < -0.3 is 15.2 Å². The fourth-order valence-corrected chi connectivity index (χ4v) is 4.03. The Balaban J connectivity index is 1.80. The summed E-state index contributed by atoms with van der Waals surface area (Å²) in [6.45, 7) is 0.148. The summed E-state index contributed by atoms with van der Waals surface area (Å²) in [6, 6.07) is 4.29. The molecule has 3 unspecified atom stereocenters. The summed E-state index contributed by atoms with van der Waals surface area (Å²) in [4.78, 5) is 12.3. The van der Waals surface area contributed by atoms with Gasteiger partial charge >= 0.3 is 6.03 Å². The number of carbonyl (C=O) groups is 1. The maximum Gasteiger partial charge on any atom is 0.320 e. The molecule has 1 aliphatic heterocycles. The summed E-state index contributed by atoms with van der Waals surface area (Å²) in [7, 11) is 1.31. The highest BCUT2D eigenvalue weighted by atomic mass is 35.5. The zero-order valence-corrected chi connectivity index (χ0v) is 15.8. The number of halogens is 3. The Morgan fingerprint density at radius 2 is 2.07 bits per heavy atom. The van der Waals surface area contributed by atoms with E-state index in [1.807, 2.05) is 0 Å². The first-order valence-electron chi connectivity index (χ1n) is 8.14. The summed E-state index contributed by atoms with van der Waals surface area (Å²) in [5.74, 6) is -2.28. The minimum Gasteiger partial charge on any atom is -0.497 e. The third-order valence-electron chi connectivity index (χ3n) is 4.32. The number of hydrogen-bond acceptors (Lipinski definition) is 5. The molecule has 3 atom stereocenters. The van der Waals surface area contributed by atoms with Gasteiger partial charge in [0, 0.05) is 30.2 Å². The molecule has 1 aromatic heterocycles. The number of rotatable bonds is 4. The van der Waals surface area contributed by atoms with Crippen LogP contribution in [0.2, 0.25) is 4.34 Å². The number of thiophene rings is 1. The lowest BCUT2D eigenvalue weighted by Crippen LogP contribution is -2.54. The number of nitrogens with one attached hydrogen (secondary N) is 3. The molecule has 2 heterocycles. The van der Waals surface area contributed by atoms with Crippen molar-refractivity contribution in [1.29, 1.82) is 0 Å². The average molecular weight is 418 g/mol. The molecule has 1 aromatic carbocycles. The normalized spacial score (nSPS) is 22.3. The molecule has 3 rings (SSSR count). The summed E-state index contributed by atoms with van der Waals surface area (Å²) in [5, 5.41) is 18.6. The number of benzene rings is 1. The number of aliphatic hydroxyl groups excluding tert-OH is 1. The highest BCUT2D eigenvalue weighted by molar-refractivity contribution is 7.20. The van der Waals surface area contributed by atoms with Crippen LogP contribution in [0.5, 0.6) is 5.75 Å². The first-order chi connectivity index (χ1) is 12.9. The van der Waals surface area contributed by atoms with Crippen LogP contribution in [-0.4, -0.2) is 37.1 Å². The Morgan fingerprint density at radius 3 is 2.67 bits per heavy atom. The number of hydrogen-bond donors (Lipinski definition) is 4. The van der Waals surface area contributed by atoms with Gasteiger partial charge in [0.15, 0.2) is 0 Å². The highest BCUT2D eigenvalue weighted by Gasteiger charge is 2.35. The Bertz CT molecular complexity index is 813. The van der Waals surface area contributed by atoms with E-state index in [-0.39, 0.29) is 24.3 Å². The van der Waals surface area contributed by atoms with E-state index in [1.54, 1.807) is 12.1 Å². The minimum absolute atomic E-state index is 0.0376. The van der Waals surface area contributed by atoms with Gasteiger partial charge in [0.2, 0.25) is 0 Å². The van der Waals surface area contributed by atoms with Gasteiger partial charge in [-0.3, -0.25) is 10.6 Å². The Hall–Kier alpha value is -1.94. The van der Waals surface area contributed by atoms with Crippen molar-refractivity contribution in [1.82, 2.24) is 10.6 Å². The van der Waals surface area contributed by atoms with Gasteiger partial charge in [0.1, 0.15) is 23.6 Å². The van der Waals surface area contributed by atoms with Crippen LogP contribution in [0.15, 0.2) is 24.3 Å². The van der Waals surface area contributed by atoms with Crippen molar-refractivity contribution in [2.75, 3.05) is 19.0 Å². The molecular weight excluding hydrogens is 400 g/mol. The Labute approximate surface area is 163 Å². The van der Waals surface area contributed by atoms with Crippen molar-refractivity contribution >= 4 is 34.0 Å². The quantitative estimate of drug-likeness (QED) is 0.615. The van der Waals surface area contributed by atoms with Crippen LogP contribution >= 0.6 is 22.9 Å². The van der Waals surface area contributed by atoms with Crippen molar-refractivity contribution < 1.29 is 23.4 Å². The van der Waals surface area contributed by atoms with Gasteiger partial charge in [0.25, 0.3) is 0 Å². The molecule has 2 aromatic rings. The topological polar surface area (TPSA) is 82.6 Å². The summed E-state index contributed by atoms with van der Waals surface area (Å²) >= 11 is 7.02. The molecule has 2 amide bonds. The van der Waals surface area contributed by atoms with Crippen LogP contribution in [0.1, 0.15) is 17.9 Å². The van der Waals surface area contributed by atoms with Crippen molar-refractivity contribution in [2.24, 2.45) is 0 Å². The predicted octanol–water partition coefficient (Wildman–Crippen LogP) is 3.27. The molecule has 0 radical (unpaired) electrons. The summed E-state index contributed by atoms with van der Waals surface area (Å²) < 4.78 is 34.4. The lowest BCUT2D eigenvalue weighted by atomic mass is 9.84. The zero-order valence-electron chi connectivity index (χ0n) is 14.3. The number of amides is 2. The van der Waals surface area contributed by atoms with E-state index in [0.717, 1.165) is 12.1 Å². The molecule has 1 aliphatic rings. The Morgan fingerprint density at radius 1 is 1.37 bits per heavy atom. The lowest BCUT2D eigenvalue weighted by Gasteiger charge is -2.36. The van der Waals surface area contributed by atoms with E-state index in [0.29, 0.717) is 9.34 Å². The van der Waals surface area contributed by atoms with Crippen LogP contribution in [0.4, 0.5) is 18.6 Å². The van der Waals surface area contributed by atoms with Crippen LogP contribution in [0, 0.1) is 11.6 Å². The van der Waals surface area contributed by atoms with Crippen LogP contribution < -0.4 is 20.7 Å². The molecule has 146 valence electrons. The third kappa shape index (κ3) is 4.67. The lowest BCUT2D eigenvalue weighted by molar-refractivity contribution is 0.0841. The fraction of sp³-hybridized carbons (Fsp3) is 0.353. The number of carbonyl (C=O) groups excluding carboxylic acids is 1. The maximum absolute atomic E-state index is 14.5. The van der Waals surface area contributed by atoms with E-state index in [2.05, 4.69) is 16.0 Å². The molecule has 0 aliphatic carbocycles. The molecule has 0 spiro atoms. The monoisotopic (exact) mass is 417 g/mol. The van der Waals surface area contributed by atoms with Gasteiger partial charge in [0.05, 0.1) is 22.5 Å². The SMILES string of the molecule is COc1cc(F)c(C2CC(O)NCC2NC(=O)Nc2ccc(Cl)s2)c(F)c1. The van der Waals surface area contributed by atoms with Crippen molar-refractivity contribution in [3.8, 4) is 5.75 Å². The van der Waals surface area contributed by atoms with Gasteiger partial charge in [-0.25, -0.2) is 13.6 Å². The van der Waals surface area contributed by atoms with Gasteiger partial charge in [-0.05, 0) is 18.6 Å². The standard InChI is InChI=1S/C17H18ClF2N3O3S/c1-26-8-4-10(19)16(11(20)5-8)9-6-14(24)21-7-12(9)22-17(25)23-15-3-2-13(18)27-15/h2-5,9,12,14,21,24H,6-7H2,1H3,(H2,22,23,25). The van der Waals surface area contributed by atoms with E-state index >= 15 is 0 Å². The molecule has 0 saturated carbocycles. The first-order valence-corrected chi connectivity index (χ1v) is 9.34. The number of ether oxygens (including phenoxy) is 1. The minimum atomic E-state index is -0.937. The van der Waals surface area contributed by atoms with Crippen molar-refractivity contribution in [3.05, 3.63) is 45.8 Å². The summed E-state index contributed by atoms with van der Waals surface area (Å²) in [6.07, 6.45) is -0.899. The summed E-state index contributed by atoms with van der Waals surface area (Å²) in [5.41, 5.74) is -0.194. The largest absolute Gasteiger partial charge is 0.497 e. The second kappa shape index (κ2) is 8.39. The number of methoxy groups -OCH3 is 1. The molecule has 10 heteroatoms. The number of anilines is 1. The average Bonchev–Trinajstić information content (AvgIpc) is 3.01. The van der Waals surface area contributed by atoms with E-state index < -0.39 is 35.9 Å². The van der Waals surface area contributed by atoms with E-state index in [1.165, 1.54) is 18.4 Å². The second-order valence-corrected chi connectivity index (χ2v) is 7.79. The third-order valence-corrected chi connectivity index (χ3v) is 5.47. The van der Waals surface area contributed by atoms with Crippen molar-refractivity contribution in [2.45, 2.75) is 24.6 Å². The molecule has 4 N–H and O–H groups in total. The predicted molar refractivity (Wildman–Crippen MR) is 99.5 cm³/mol. The van der Waals surface area contributed by atoms with Gasteiger partial charge in [-0.2, -0.15) is 0 Å². The van der Waals surface area contributed by atoms with Crippen LogP contribution in [0.25, 0.3) is 0 Å². The zero-order chi connectivity index (χ0) is 19.6. The van der Waals surface area contributed by atoms with E-state index in [9.17, 15) is 18.7 Å². The molecule has 27 heavy (non-hydrogen) atoms.